The maximum atomic E-state index is 14.4. The number of pyridine rings is 1. The number of carbonyl (C=O) groups excluding carboxylic acids is 2. The van der Waals surface area contributed by atoms with E-state index in [0.717, 1.165) is 23.1 Å². The van der Waals surface area contributed by atoms with E-state index in [-0.39, 0.29) is 29.6 Å². The summed E-state index contributed by atoms with van der Waals surface area (Å²) in [6, 6.07) is 6.44. The molecule has 5 rings (SSSR count). The normalized spacial score (nSPS) is 22.2. The van der Waals surface area contributed by atoms with Crippen LogP contribution in [-0.2, 0) is 24.8 Å². The van der Waals surface area contributed by atoms with Crippen LogP contribution in [-0.4, -0.2) is 97.2 Å². The van der Waals surface area contributed by atoms with Crippen molar-refractivity contribution >= 4 is 44.9 Å². The topological polar surface area (TPSA) is 133 Å². The summed E-state index contributed by atoms with van der Waals surface area (Å²) in [7, 11) is -4.42. The third-order valence-electron chi connectivity index (χ3n) is 8.21. The average molecular weight is 711 g/mol. The summed E-state index contributed by atoms with van der Waals surface area (Å²) in [6.45, 7) is -3.16. The van der Waals surface area contributed by atoms with Gasteiger partial charge in [0.2, 0.25) is 11.8 Å². The Labute approximate surface area is 270 Å². The highest BCUT2D eigenvalue weighted by atomic mass is 35.5. The molecule has 1 aromatic carbocycles. The van der Waals surface area contributed by atoms with Crippen LogP contribution < -0.4 is 10.1 Å². The van der Waals surface area contributed by atoms with E-state index in [1.807, 2.05) is 6.07 Å². The molecule has 0 bridgehead atoms. The molecule has 18 heteroatoms. The van der Waals surface area contributed by atoms with E-state index in [2.05, 4.69) is 15.0 Å². The van der Waals surface area contributed by atoms with Crippen molar-refractivity contribution in [2.75, 3.05) is 32.8 Å². The first-order valence-corrected chi connectivity index (χ1v) is 16.2. The van der Waals surface area contributed by atoms with Gasteiger partial charge in [0.15, 0.2) is 16.4 Å². The fraction of sp³-hybridized carbons (Fsp3) is 0.500. The van der Waals surface area contributed by atoms with E-state index in [0.29, 0.717) is 12.8 Å². The van der Waals surface area contributed by atoms with Crippen LogP contribution in [0, 0.1) is 11.3 Å². The Hall–Kier alpha value is -3.26. The Kier molecular flexibility index (Phi) is 9.19. The van der Waals surface area contributed by atoms with Crippen molar-refractivity contribution in [2.24, 2.45) is 0 Å². The molecule has 2 amide bonds. The summed E-state index contributed by atoms with van der Waals surface area (Å²) in [6.07, 6.45) is -5.75. The summed E-state index contributed by atoms with van der Waals surface area (Å²) < 4.78 is 96.5. The van der Waals surface area contributed by atoms with Crippen molar-refractivity contribution in [3.8, 4) is 11.8 Å². The second-order valence-electron chi connectivity index (χ2n) is 11.6. The van der Waals surface area contributed by atoms with E-state index in [9.17, 15) is 45.2 Å². The van der Waals surface area contributed by atoms with Crippen LogP contribution in [0.25, 0.3) is 0 Å². The second kappa shape index (κ2) is 12.4. The number of aromatic nitrogens is 1. The number of alkyl halides is 5. The number of carbonyl (C=O) groups is 2. The zero-order chi connectivity index (χ0) is 33.7. The first-order chi connectivity index (χ1) is 21.5. The molecule has 0 spiro atoms. The van der Waals surface area contributed by atoms with Crippen molar-refractivity contribution in [2.45, 2.75) is 59.0 Å². The van der Waals surface area contributed by atoms with Crippen molar-refractivity contribution in [3.05, 3.63) is 52.3 Å². The van der Waals surface area contributed by atoms with Crippen LogP contribution in [0.5, 0.6) is 5.75 Å². The van der Waals surface area contributed by atoms with Crippen molar-refractivity contribution in [1.82, 2.24) is 20.1 Å². The molecule has 0 radical (unpaired) electrons. The first-order valence-electron chi connectivity index (χ1n) is 13.9. The summed E-state index contributed by atoms with van der Waals surface area (Å²) in [5.74, 6) is -1.83. The standard InChI is InChI=1S/C28H26Cl2F5N5O5S/c29-16-1-4-22(37-9-16)27(13-39(14-27)11-23(31)32)25(42)40-10-18(8-20(40)24(41)38-26(12-36)5-6-26)46(43,44)21-3-2-17(7-19(21)30)45-15-28(33,34)35/h1-4,7,9,18,20,23H,5-6,8,10-11,13-15H2,(H,38,41). The van der Waals surface area contributed by atoms with Gasteiger partial charge in [-0.1, -0.05) is 23.2 Å². The number of nitriles is 1. The quantitative estimate of drug-likeness (QED) is 0.369. The van der Waals surface area contributed by atoms with E-state index in [1.165, 1.54) is 23.2 Å². The number of hydrogen-bond donors (Lipinski definition) is 1. The lowest BCUT2D eigenvalue weighted by Crippen LogP contribution is -2.68. The molecule has 3 heterocycles. The molecule has 1 N–H and O–H groups in total. The van der Waals surface area contributed by atoms with Crippen LogP contribution >= 0.6 is 23.2 Å². The van der Waals surface area contributed by atoms with Crippen LogP contribution in [0.3, 0.4) is 0 Å². The van der Waals surface area contributed by atoms with Crippen LogP contribution in [0.1, 0.15) is 25.0 Å². The lowest BCUT2D eigenvalue weighted by Gasteiger charge is -2.50. The summed E-state index contributed by atoms with van der Waals surface area (Å²) in [5, 5.41) is 10.5. The van der Waals surface area contributed by atoms with E-state index < -0.39 is 92.5 Å². The van der Waals surface area contributed by atoms with Gasteiger partial charge in [-0.2, -0.15) is 18.4 Å². The number of ether oxygens (including phenoxy) is 1. The molecular formula is C28H26Cl2F5N5O5S. The number of sulfone groups is 1. The number of halogens is 7. The molecule has 1 saturated carbocycles. The summed E-state index contributed by atoms with van der Waals surface area (Å²) in [5.41, 5.74) is -2.48. The number of benzene rings is 1. The minimum Gasteiger partial charge on any atom is -0.484 e. The lowest BCUT2D eigenvalue weighted by molar-refractivity contribution is -0.153. The van der Waals surface area contributed by atoms with Gasteiger partial charge in [0.1, 0.15) is 22.7 Å². The third kappa shape index (κ3) is 6.87. The number of amides is 2. The summed E-state index contributed by atoms with van der Waals surface area (Å²) >= 11 is 12.2. The number of likely N-dealkylation sites (tertiary alicyclic amines) is 2. The Balaban J connectivity index is 1.47. The lowest BCUT2D eigenvalue weighted by atomic mass is 9.74. The minimum absolute atomic E-state index is 0.186. The van der Waals surface area contributed by atoms with Crippen molar-refractivity contribution in [1.29, 1.82) is 5.26 Å². The second-order valence-corrected chi connectivity index (χ2v) is 14.6. The molecule has 1 aromatic heterocycles. The minimum atomic E-state index is -4.65. The Morgan fingerprint density at radius 2 is 1.87 bits per heavy atom. The maximum absolute atomic E-state index is 14.4. The molecule has 10 nitrogen and oxygen atoms in total. The van der Waals surface area contributed by atoms with E-state index in [4.69, 9.17) is 23.2 Å². The molecule has 2 unspecified atom stereocenters. The van der Waals surface area contributed by atoms with Crippen LogP contribution in [0.15, 0.2) is 41.4 Å². The largest absolute Gasteiger partial charge is 0.484 e. The first kappa shape index (κ1) is 34.1. The average Bonchev–Trinajstić information content (AvgIpc) is 3.57. The predicted molar refractivity (Wildman–Crippen MR) is 153 cm³/mol. The van der Waals surface area contributed by atoms with E-state index in [1.54, 1.807) is 0 Å². The fourth-order valence-electron chi connectivity index (χ4n) is 5.73. The molecular weight excluding hydrogens is 684 g/mol. The molecule has 1 aliphatic carbocycles. The van der Waals surface area contributed by atoms with Crippen LogP contribution in [0.4, 0.5) is 22.0 Å². The molecule has 2 aliphatic heterocycles. The fourth-order valence-corrected chi connectivity index (χ4v) is 8.08. The Bertz CT molecular complexity index is 1660. The van der Waals surface area contributed by atoms with Gasteiger partial charge in [-0.3, -0.25) is 19.5 Å². The van der Waals surface area contributed by atoms with Crippen molar-refractivity contribution < 1.29 is 44.7 Å². The van der Waals surface area contributed by atoms with Gasteiger partial charge >= 0.3 is 6.18 Å². The van der Waals surface area contributed by atoms with Gasteiger partial charge in [-0.15, -0.1) is 0 Å². The highest BCUT2D eigenvalue weighted by Gasteiger charge is 2.58. The zero-order valence-corrected chi connectivity index (χ0v) is 26.1. The zero-order valence-electron chi connectivity index (χ0n) is 23.7. The van der Waals surface area contributed by atoms with Gasteiger partial charge in [0, 0.05) is 31.9 Å². The van der Waals surface area contributed by atoms with Gasteiger partial charge in [-0.05, 0) is 43.5 Å². The van der Waals surface area contributed by atoms with Gasteiger partial charge in [0.25, 0.3) is 6.43 Å². The SMILES string of the molecule is N#CC1(NC(=O)C2CC(S(=O)(=O)c3ccc(OCC(F)(F)F)cc3Cl)CN2C(=O)C2(c3ccc(Cl)cn3)CN(CC(F)F)C2)CC1. The monoisotopic (exact) mass is 709 g/mol. The highest BCUT2D eigenvalue weighted by Crippen LogP contribution is 2.41. The number of hydrogen-bond acceptors (Lipinski definition) is 8. The van der Waals surface area contributed by atoms with Crippen molar-refractivity contribution in [3.63, 3.8) is 0 Å². The molecule has 3 fully saturated rings. The third-order valence-corrected chi connectivity index (χ3v) is 11.1. The summed E-state index contributed by atoms with van der Waals surface area (Å²) in [4.78, 5) is 34.1. The molecule has 3 aliphatic rings. The van der Waals surface area contributed by atoms with Crippen LogP contribution in [0.2, 0.25) is 10.0 Å². The Morgan fingerprint density at radius 1 is 1.17 bits per heavy atom. The van der Waals surface area contributed by atoms with E-state index >= 15 is 0 Å². The molecule has 2 aromatic rings. The smallest absolute Gasteiger partial charge is 0.422 e. The van der Waals surface area contributed by atoms with Gasteiger partial charge in [-0.25, -0.2) is 17.2 Å². The maximum Gasteiger partial charge on any atom is 0.422 e. The van der Waals surface area contributed by atoms with Gasteiger partial charge in [0.05, 0.1) is 38.5 Å². The number of nitrogens with zero attached hydrogens (tertiary/aromatic N) is 4. The number of nitrogens with one attached hydrogen (secondary N) is 1. The Morgan fingerprint density at radius 3 is 2.41 bits per heavy atom. The molecule has 248 valence electrons. The molecule has 46 heavy (non-hydrogen) atoms. The predicted octanol–water partition coefficient (Wildman–Crippen LogP) is 3.76. The number of rotatable bonds is 10. The highest BCUT2D eigenvalue weighted by molar-refractivity contribution is 7.92. The molecule has 2 atom stereocenters. The molecule has 2 saturated heterocycles. The van der Waals surface area contributed by atoms with Gasteiger partial charge < -0.3 is 15.0 Å².